The van der Waals surface area contributed by atoms with Crippen molar-refractivity contribution in [2.24, 2.45) is 0 Å². The van der Waals surface area contributed by atoms with Crippen LogP contribution in [0.25, 0.3) is 11.1 Å². The van der Waals surface area contributed by atoms with Crippen molar-refractivity contribution in [3.8, 4) is 11.1 Å². The Hall–Kier alpha value is -1.34. The summed E-state index contributed by atoms with van der Waals surface area (Å²) in [6.07, 6.45) is 0. The summed E-state index contributed by atoms with van der Waals surface area (Å²) in [6, 6.07) is 14.1. The second-order valence-electron chi connectivity index (χ2n) is 7.46. The Labute approximate surface area is 137 Å². The van der Waals surface area contributed by atoms with E-state index in [-0.39, 0.29) is 0 Å². The Morgan fingerprint density at radius 3 is 2.05 bits per heavy atom. The van der Waals surface area contributed by atoms with Gasteiger partial charge in [0, 0.05) is 0 Å². The molecule has 0 saturated carbocycles. The van der Waals surface area contributed by atoms with E-state index in [1.54, 1.807) is 21.5 Å². The van der Waals surface area contributed by atoms with Gasteiger partial charge >= 0.3 is 0 Å². The van der Waals surface area contributed by atoms with E-state index in [9.17, 15) is 0 Å². The van der Waals surface area contributed by atoms with Crippen LogP contribution in [0.5, 0.6) is 0 Å². The zero-order valence-electron chi connectivity index (χ0n) is 14.7. The third-order valence-corrected chi connectivity index (χ3v) is 7.98. The highest BCUT2D eigenvalue weighted by atomic mass is 28.3. The first kappa shape index (κ1) is 15.5. The van der Waals surface area contributed by atoms with Gasteiger partial charge in [0.15, 0.2) is 0 Å². The van der Waals surface area contributed by atoms with E-state index in [1.807, 2.05) is 0 Å². The second-order valence-corrected chi connectivity index (χ2v) is 10.5. The molecule has 1 aliphatic heterocycles. The standard InChI is InChI=1S/C21H27Si/c1-13(2)16-11-18(14(3)4)21-17-9-7-8-10-19(17)22(15(5)6)20(21)12-16/h7-15H,1-6H3. The minimum atomic E-state index is -0.653. The van der Waals surface area contributed by atoms with Crippen molar-refractivity contribution in [3.63, 3.8) is 0 Å². The molecular formula is C21H27Si. The van der Waals surface area contributed by atoms with Gasteiger partial charge in [0.25, 0.3) is 0 Å². The molecule has 0 saturated heterocycles. The van der Waals surface area contributed by atoms with Gasteiger partial charge in [0.1, 0.15) is 8.80 Å². The highest BCUT2D eigenvalue weighted by Gasteiger charge is 2.34. The molecule has 1 heteroatoms. The molecular weight excluding hydrogens is 280 g/mol. The van der Waals surface area contributed by atoms with Crippen molar-refractivity contribution < 1.29 is 0 Å². The highest BCUT2D eigenvalue weighted by molar-refractivity contribution is 6.90. The van der Waals surface area contributed by atoms with E-state index in [1.165, 1.54) is 11.1 Å². The number of hydrogen-bond acceptors (Lipinski definition) is 0. The van der Waals surface area contributed by atoms with Crippen LogP contribution in [0, 0.1) is 0 Å². The molecule has 0 amide bonds. The molecule has 0 atom stereocenters. The highest BCUT2D eigenvalue weighted by Crippen LogP contribution is 2.35. The lowest BCUT2D eigenvalue weighted by atomic mass is 9.88. The molecule has 2 aromatic carbocycles. The molecule has 1 heterocycles. The summed E-state index contributed by atoms with van der Waals surface area (Å²) in [5, 5.41) is 3.29. The first-order chi connectivity index (χ1) is 10.4. The van der Waals surface area contributed by atoms with Crippen LogP contribution < -0.4 is 10.4 Å². The Morgan fingerprint density at radius 1 is 0.773 bits per heavy atom. The summed E-state index contributed by atoms with van der Waals surface area (Å²) in [5.41, 5.74) is 6.87. The molecule has 0 bridgehead atoms. The lowest BCUT2D eigenvalue weighted by Crippen LogP contribution is -2.40. The molecule has 1 radical (unpaired) electrons. The predicted molar refractivity (Wildman–Crippen MR) is 100 cm³/mol. The topological polar surface area (TPSA) is 0 Å². The van der Waals surface area contributed by atoms with Crippen LogP contribution in [0.15, 0.2) is 36.4 Å². The van der Waals surface area contributed by atoms with Gasteiger partial charge in [-0.3, -0.25) is 0 Å². The van der Waals surface area contributed by atoms with E-state index < -0.39 is 8.80 Å². The Bertz CT molecular complexity index is 695. The molecule has 3 rings (SSSR count). The molecule has 115 valence electrons. The molecule has 0 fully saturated rings. The Kier molecular flexibility index (Phi) is 4.03. The van der Waals surface area contributed by atoms with Crippen LogP contribution in [0.1, 0.15) is 64.5 Å². The van der Waals surface area contributed by atoms with Crippen molar-refractivity contribution in [1.82, 2.24) is 0 Å². The van der Waals surface area contributed by atoms with Gasteiger partial charge in [-0.25, -0.2) is 0 Å². The average Bonchev–Trinajstić information content (AvgIpc) is 2.80. The van der Waals surface area contributed by atoms with E-state index in [0.29, 0.717) is 11.8 Å². The van der Waals surface area contributed by atoms with Crippen LogP contribution >= 0.6 is 0 Å². The van der Waals surface area contributed by atoms with Gasteiger partial charge in [0.05, 0.1) is 0 Å². The monoisotopic (exact) mass is 307 g/mol. The van der Waals surface area contributed by atoms with Gasteiger partial charge in [-0.1, -0.05) is 77.9 Å². The quantitative estimate of drug-likeness (QED) is 0.705. The average molecular weight is 308 g/mol. The van der Waals surface area contributed by atoms with E-state index in [2.05, 4.69) is 77.9 Å². The number of rotatable bonds is 3. The normalized spacial score (nSPS) is 14.0. The first-order valence-corrected chi connectivity index (χ1v) is 10.1. The molecule has 1 aliphatic rings. The largest absolute Gasteiger partial charge is 0.125 e. The molecule has 0 N–H and O–H groups in total. The molecule has 0 spiro atoms. The fourth-order valence-corrected chi connectivity index (χ4v) is 6.87. The number of hydrogen-bond donors (Lipinski definition) is 0. The van der Waals surface area contributed by atoms with Crippen molar-refractivity contribution in [2.45, 2.75) is 58.9 Å². The van der Waals surface area contributed by atoms with Crippen LogP contribution in [-0.4, -0.2) is 8.80 Å². The van der Waals surface area contributed by atoms with E-state index in [0.717, 1.165) is 5.54 Å². The summed E-state index contributed by atoms with van der Waals surface area (Å²) in [5.74, 6) is 1.18. The predicted octanol–water partition coefficient (Wildman–Crippen LogP) is 4.93. The number of fused-ring (bicyclic) bond motifs is 3. The van der Waals surface area contributed by atoms with Crippen LogP contribution in [0.4, 0.5) is 0 Å². The first-order valence-electron chi connectivity index (χ1n) is 8.56. The van der Waals surface area contributed by atoms with Gasteiger partial charge in [-0.15, -0.1) is 0 Å². The molecule has 2 aromatic rings. The zero-order chi connectivity index (χ0) is 16.0. The zero-order valence-corrected chi connectivity index (χ0v) is 15.7. The SMILES string of the molecule is CC(C)c1cc(C(C)C)c2c(c1)[Si](C(C)C)c1ccccc1-2. The summed E-state index contributed by atoms with van der Waals surface area (Å²) in [7, 11) is -0.653. The third kappa shape index (κ3) is 2.36. The molecule has 0 unspecified atom stereocenters. The van der Waals surface area contributed by atoms with E-state index >= 15 is 0 Å². The summed E-state index contributed by atoms with van der Waals surface area (Å²) in [4.78, 5) is 0. The van der Waals surface area contributed by atoms with Crippen LogP contribution in [0.3, 0.4) is 0 Å². The smallest absolute Gasteiger partial charge is 0.0647 e. The fraction of sp³-hybridized carbons (Fsp3) is 0.429. The van der Waals surface area contributed by atoms with Gasteiger partial charge < -0.3 is 0 Å². The van der Waals surface area contributed by atoms with Crippen LogP contribution in [0.2, 0.25) is 5.54 Å². The van der Waals surface area contributed by atoms with Crippen molar-refractivity contribution in [3.05, 3.63) is 47.5 Å². The summed E-state index contributed by atoms with van der Waals surface area (Å²) >= 11 is 0. The van der Waals surface area contributed by atoms with Gasteiger partial charge in [-0.05, 0) is 50.0 Å². The molecule has 0 nitrogen and oxygen atoms in total. The second kappa shape index (κ2) is 5.70. The summed E-state index contributed by atoms with van der Waals surface area (Å²) in [6.45, 7) is 14.1. The maximum atomic E-state index is 2.53. The minimum Gasteiger partial charge on any atom is -0.0647 e. The number of benzene rings is 2. The Balaban J connectivity index is 2.34. The molecule has 22 heavy (non-hydrogen) atoms. The maximum absolute atomic E-state index is 2.53. The van der Waals surface area contributed by atoms with Crippen LogP contribution in [-0.2, 0) is 0 Å². The third-order valence-electron chi connectivity index (χ3n) is 4.83. The molecule has 0 aliphatic carbocycles. The maximum Gasteiger partial charge on any atom is 0.125 e. The minimum absolute atomic E-state index is 0.578. The van der Waals surface area contributed by atoms with Crippen molar-refractivity contribution in [2.75, 3.05) is 0 Å². The fourth-order valence-electron chi connectivity index (χ4n) is 3.69. The molecule has 0 aromatic heterocycles. The summed E-state index contributed by atoms with van der Waals surface area (Å²) < 4.78 is 0. The lowest BCUT2D eigenvalue weighted by Gasteiger charge is -2.20. The van der Waals surface area contributed by atoms with Gasteiger partial charge in [0.2, 0.25) is 0 Å². The van der Waals surface area contributed by atoms with E-state index in [4.69, 9.17) is 0 Å². The lowest BCUT2D eigenvalue weighted by molar-refractivity contribution is 0.837. The Morgan fingerprint density at radius 2 is 1.45 bits per heavy atom. The van der Waals surface area contributed by atoms with Crippen molar-refractivity contribution in [1.29, 1.82) is 0 Å². The van der Waals surface area contributed by atoms with Crippen molar-refractivity contribution >= 4 is 19.2 Å². The van der Waals surface area contributed by atoms with Gasteiger partial charge in [-0.2, -0.15) is 0 Å².